The van der Waals surface area contributed by atoms with Gasteiger partial charge in [0.2, 0.25) is 0 Å². The SMILES string of the molecule is CNc1ccccc1CC(N)c1sccc1C.Cl.Cl. The first-order valence-electron chi connectivity index (χ1n) is 5.77. The lowest BCUT2D eigenvalue weighted by Crippen LogP contribution is -2.13. The zero-order valence-electron chi connectivity index (χ0n) is 11.1. The molecule has 1 aromatic carbocycles. The van der Waals surface area contributed by atoms with Crippen LogP contribution in [0.1, 0.15) is 22.0 Å². The second-order valence-corrected chi connectivity index (χ2v) is 5.13. The quantitative estimate of drug-likeness (QED) is 0.887. The summed E-state index contributed by atoms with van der Waals surface area (Å²) in [5, 5.41) is 5.31. The summed E-state index contributed by atoms with van der Waals surface area (Å²) in [4.78, 5) is 1.29. The molecule has 106 valence electrons. The highest BCUT2D eigenvalue weighted by atomic mass is 35.5. The number of nitrogens with two attached hydrogens (primary N) is 1. The zero-order valence-corrected chi connectivity index (χ0v) is 13.5. The van der Waals surface area contributed by atoms with E-state index in [2.05, 4.69) is 41.9 Å². The molecular formula is C14H20Cl2N2S. The van der Waals surface area contributed by atoms with Crippen LogP contribution in [0.15, 0.2) is 35.7 Å². The van der Waals surface area contributed by atoms with Gasteiger partial charge in [-0.05, 0) is 42.0 Å². The van der Waals surface area contributed by atoms with Crippen molar-refractivity contribution in [2.45, 2.75) is 19.4 Å². The molecule has 0 fully saturated rings. The number of aryl methyl sites for hydroxylation is 1. The van der Waals surface area contributed by atoms with Crippen molar-refractivity contribution in [1.29, 1.82) is 0 Å². The van der Waals surface area contributed by atoms with Crippen molar-refractivity contribution < 1.29 is 0 Å². The molecule has 0 bridgehead atoms. The van der Waals surface area contributed by atoms with Crippen LogP contribution in [-0.4, -0.2) is 7.05 Å². The van der Waals surface area contributed by atoms with Crippen LogP contribution in [0, 0.1) is 6.92 Å². The number of hydrogen-bond acceptors (Lipinski definition) is 3. The van der Waals surface area contributed by atoms with Crippen LogP contribution in [-0.2, 0) is 6.42 Å². The van der Waals surface area contributed by atoms with Crippen LogP contribution in [0.4, 0.5) is 5.69 Å². The summed E-state index contributed by atoms with van der Waals surface area (Å²) >= 11 is 1.74. The Morgan fingerprint density at radius 1 is 1.21 bits per heavy atom. The number of benzene rings is 1. The van der Waals surface area contributed by atoms with E-state index in [1.807, 2.05) is 13.1 Å². The van der Waals surface area contributed by atoms with E-state index < -0.39 is 0 Å². The lowest BCUT2D eigenvalue weighted by molar-refractivity contribution is 0.733. The Balaban J connectivity index is 0.00000162. The Morgan fingerprint density at radius 2 is 1.89 bits per heavy atom. The smallest absolute Gasteiger partial charge is 0.0434 e. The maximum Gasteiger partial charge on any atom is 0.0434 e. The number of rotatable bonds is 4. The number of hydrogen-bond donors (Lipinski definition) is 2. The average Bonchev–Trinajstić information content (AvgIpc) is 2.76. The summed E-state index contributed by atoms with van der Waals surface area (Å²) in [7, 11) is 1.95. The molecule has 1 aromatic heterocycles. The minimum Gasteiger partial charge on any atom is -0.388 e. The predicted molar refractivity (Wildman–Crippen MR) is 90.2 cm³/mol. The normalized spacial score (nSPS) is 11.1. The molecule has 0 saturated carbocycles. The molecule has 0 aliphatic heterocycles. The van der Waals surface area contributed by atoms with E-state index in [0.29, 0.717) is 0 Å². The van der Waals surface area contributed by atoms with Gasteiger partial charge in [-0.2, -0.15) is 0 Å². The van der Waals surface area contributed by atoms with Gasteiger partial charge in [-0.1, -0.05) is 18.2 Å². The molecule has 1 atom stereocenters. The van der Waals surface area contributed by atoms with Crippen molar-refractivity contribution in [2.24, 2.45) is 5.73 Å². The van der Waals surface area contributed by atoms with Crippen LogP contribution in [0.2, 0.25) is 0 Å². The summed E-state index contributed by atoms with van der Waals surface area (Å²) < 4.78 is 0. The molecule has 2 rings (SSSR count). The number of halogens is 2. The molecule has 0 aliphatic carbocycles. The summed E-state index contributed by atoms with van der Waals surface area (Å²) in [6.45, 7) is 2.12. The largest absolute Gasteiger partial charge is 0.388 e. The monoisotopic (exact) mass is 318 g/mol. The van der Waals surface area contributed by atoms with Crippen LogP contribution in [0.5, 0.6) is 0 Å². The molecule has 0 spiro atoms. The van der Waals surface area contributed by atoms with E-state index in [0.717, 1.165) is 12.1 Å². The fourth-order valence-corrected chi connectivity index (χ4v) is 2.97. The molecule has 1 unspecified atom stereocenters. The Morgan fingerprint density at radius 3 is 2.47 bits per heavy atom. The summed E-state index contributed by atoms with van der Waals surface area (Å²) in [6, 6.07) is 10.5. The Labute approximate surface area is 131 Å². The van der Waals surface area contributed by atoms with Gasteiger partial charge in [0.1, 0.15) is 0 Å². The Bertz CT molecular complexity index is 500. The van der Waals surface area contributed by atoms with Crippen LogP contribution in [0.3, 0.4) is 0 Å². The van der Waals surface area contributed by atoms with Crippen molar-refractivity contribution in [3.63, 3.8) is 0 Å². The molecule has 0 amide bonds. The summed E-state index contributed by atoms with van der Waals surface area (Å²) in [6.07, 6.45) is 0.873. The van der Waals surface area contributed by atoms with Crippen molar-refractivity contribution in [2.75, 3.05) is 12.4 Å². The van der Waals surface area contributed by atoms with E-state index >= 15 is 0 Å². The second kappa shape index (κ2) is 8.43. The van der Waals surface area contributed by atoms with Crippen LogP contribution >= 0.6 is 36.2 Å². The lowest BCUT2D eigenvalue weighted by atomic mass is 10.0. The first-order valence-corrected chi connectivity index (χ1v) is 6.65. The van der Waals surface area contributed by atoms with E-state index in [9.17, 15) is 0 Å². The Hall–Kier alpha value is -0.740. The van der Waals surface area contributed by atoms with Gasteiger partial charge < -0.3 is 11.1 Å². The van der Waals surface area contributed by atoms with Gasteiger partial charge in [-0.15, -0.1) is 36.2 Å². The molecule has 19 heavy (non-hydrogen) atoms. The molecule has 0 saturated heterocycles. The molecule has 2 aromatic rings. The third-order valence-corrected chi connectivity index (χ3v) is 4.12. The predicted octanol–water partition coefficient (Wildman–Crippen LogP) is 4.18. The minimum atomic E-state index is 0. The van der Waals surface area contributed by atoms with Gasteiger partial charge in [-0.25, -0.2) is 0 Å². The highest BCUT2D eigenvalue weighted by Crippen LogP contribution is 2.27. The van der Waals surface area contributed by atoms with Crippen molar-refractivity contribution in [3.05, 3.63) is 51.7 Å². The van der Waals surface area contributed by atoms with Gasteiger partial charge >= 0.3 is 0 Å². The maximum absolute atomic E-state index is 6.28. The van der Waals surface area contributed by atoms with Gasteiger partial charge in [0.15, 0.2) is 0 Å². The summed E-state index contributed by atoms with van der Waals surface area (Å²) in [5.41, 5.74) is 10.0. The highest BCUT2D eigenvalue weighted by Gasteiger charge is 2.12. The number of nitrogens with one attached hydrogen (secondary N) is 1. The zero-order chi connectivity index (χ0) is 12.3. The standard InChI is InChI=1S/C14H18N2S.2ClH/c1-10-7-8-17-14(10)12(15)9-11-5-3-4-6-13(11)16-2;;/h3-8,12,16H,9,15H2,1-2H3;2*1H. The minimum absolute atomic E-state index is 0. The van der Waals surface area contributed by atoms with Crippen LogP contribution < -0.4 is 11.1 Å². The molecular weight excluding hydrogens is 299 g/mol. The first kappa shape index (κ1) is 18.3. The number of para-hydroxylation sites is 1. The maximum atomic E-state index is 6.28. The fourth-order valence-electron chi connectivity index (χ4n) is 2.04. The van der Waals surface area contributed by atoms with E-state index in [4.69, 9.17) is 5.73 Å². The van der Waals surface area contributed by atoms with Crippen LogP contribution in [0.25, 0.3) is 0 Å². The van der Waals surface area contributed by atoms with Gasteiger partial charge in [0.25, 0.3) is 0 Å². The topological polar surface area (TPSA) is 38.0 Å². The van der Waals surface area contributed by atoms with Gasteiger partial charge in [0.05, 0.1) is 0 Å². The second-order valence-electron chi connectivity index (χ2n) is 4.19. The molecule has 3 N–H and O–H groups in total. The van der Waals surface area contributed by atoms with E-state index in [1.54, 1.807) is 11.3 Å². The van der Waals surface area contributed by atoms with Gasteiger partial charge in [-0.3, -0.25) is 0 Å². The molecule has 0 aliphatic rings. The molecule has 5 heteroatoms. The van der Waals surface area contributed by atoms with E-state index in [-0.39, 0.29) is 30.9 Å². The number of anilines is 1. The lowest BCUT2D eigenvalue weighted by Gasteiger charge is -2.14. The molecule has 2 nitrogen and oxygen atoms in total. The van der Waals surface area contributed by atoms with Gasteiger partial charge in [0, 0.05) is 23.7 Å². The molecule has 0 radical (unpaired) electrons. The van der Waals surface area contributed by atoms with Crippen molar-refractivity contribution in [3.8, 4) is 0 Å². The summed E-state index contributed by atoms with van der Waals surface area (Å²) in [5.74, 6) is 0. The van der Waals surface area contributed by atoms with Crippen molar-refractivity contribution in [1.82, 2.24) is 0 Å². The Kier molecular flexibility index (Phi) is 8.11. The third-order valence-electron chi connectivity index (χ3n) is 2.97. The molecule has 1 heterocycles. The average molecular weight is 319 g/mol. The highest BCUT2D eigenvalue weighted by molar-refractivity contribution is 7.10. The van der Waals surface area contributed by atoms with E-state index in [1.165, 1.54) is 16.0 Å². The fraction of sp³-hybridized carbons (Fsp3) is 0.286. The first-order chi connectivity index (χ1) is 8.22. The van der Waals surface area contributed by atoms with Crippen molar-refractivity contribution >= 4 is 41.8 Å². The third kappa shape index (κ3) is 4.39. The number of thiophene rings is 1.